The first-order valence-electron chi connectivity index (χ1n) is 6.78. The van der Waals surface area contributed by atoms with Crippen LogP contribution in [-0.2, 0) is 0 Å². The van der Waals surface area contributed by atoms with Crippen molar-refractivity contribution in [3.63, 3.8) is 0 Å². The lowest BCUT2D eigenvalue weighted by Gasteiger charge is -2.25. The first-order chi connectivity index (χ1) is 9.04. The molecule has 1 aromatic carbocycles. The third-order valence-corrected chi connectivity index (χ3v) is 3.14. The van der Waals surface area contributed by atoms with E-state index in [-0.39, 0.29) is 11.9 Å². The van der Waals surface area contributed by atoms with E-state index in [4.69, 9.17) is 0 Å². The van der Waals surface area contributed by atoms with Gasteiger partial charge in [0.25, 0.3) is 5.91 Å². The zero-order valence-electron chi connectivity index (χ0n) is 12.0. The third kappa shape index (κ3) is 5.26. The summed E-state index contributed by atoms with van der Waals surface area (Å²) in [5.41, 5.74) is 6.57. The molecule has 0 fully saturated rings. The zero-order chi connectivity index (χ0) is 14.3. The van der Waals surface area contributed by atoms with Crippen LogP contribution in [-0.4, -0.2) is 11.9 Å². The van der Waals surface area contributed by atoms with Gasteiger partial charge < -0.3 is 0 Å². The second-order valence-corrected chi connectivity index (χ2v) is 5.30. The summed E-state index contributed by atoms with van der Waals surface area (Å²) in [4.78, 5) is 11.9. The number of hydrazine groups is 1. The van der Waals surface area contributed by atoms with Crippen molar-refractivity contribution >= 4 is 5.91 Å². The minimum Gasteiger partial charge on any atom is -0.287 e. The van der Waals surface area contributed by atoms with Crippen LogP contribution in [0.25, 0.3) is 0 Å². The molecule has 104 valence electrons. The standard InChI is InChI=1S/C16H24N2O/c1-5-13(4)15(11-12(2)3)17-18-16(19)14-9-7-6-8-10-14/h5-10,12-13,15,17H,1,11H2,2-4H3,(H,18,19)/t13-,15+/m1/s1. The van der Waals surface area contributed by atoms with Crippen LogP contribution in [0.3, 0.4) is 0 Å². The van der Waals surface area contributed by atoms with Crippen LogP contribution in [0.5, 0.6) is 0 Å². The Labute approximate surface area is 116 Å². The molecule has 3 nitrogen and oxygen atoms in total. The Morgan fingerprint density at radius 1 is 1.26 bits per heavy atom. The molecule has 0 saturated carbocycles. The third-order valence-electron chi connectivity index (χ3n) is 3.14. The quantitative estimate of drug-likeness (QED) is 0.584. The Bertz CT molecular complexity index is 400. The molecule has 0 aliphatic carbocycles. The van der Waals surface area contributed by atoms with Crippen LogP contribution in [0, 0.1) is 11.8 Å². The minimum atomic E-state index is -0.106. The van der Waals surface area contributed by atoms with Gasteiger partial charge in [0.05, 0.1) is 0 Å². The second-order valence-electron chi connectivity index (χ2n) is 5.30. The molecule has 0 heterocycles. The van der Waals surface area contributed by atoms with Crippen LogP contribution in [0.4, 0.5) is 0 Å². The summed E-state index contributed by atoms with van der Waals surface area (Å²) in [5.74, 6) is 0.762. The van der Waals surface area contributed by atoms with Crippen molar-refractivity contribution < 1.29 is 4.79 Å². The van der Waals surface area contributed by atoms with E-state index in [0.717, 1.165) is 6.42 Å². The number of carbonyl (C=O) groups is 1. The summed E-state index contributed by atoms with van der Waals surface area (Å²) in [7, 11) is 0. The maximum atomic E-state index is 11.9. The lowest BCUT2D eigenvalue weighted by atomic mass is 9.94. The van der Waals surface area contributed by atoms with Gasteiger partial charge in [-0.05, 0) is 30.4 Å². The Kier molecular flexibility index (Phi) is 6.30. The number of amides is 1. The minimum absolute atomic E-state index is 0.106. The van der Waals surface area contributed by atoms with Crippen molar-refractivity contribution in [1.82, 2.24) is 10.9 Å². The van der Waals surface area contributed by atoms with Gasteiger partial charge in [-0.15, -0.1) is 6.58 Å². The van der Waals surface area contributed by atoms with Gasteiger partial charge in [-0.2, -0.15) is 0 Å². The summed E-state index contributed by atoms with van der Waals surface area (Å²) in [6, 6.07) is 9.40. The van der Waals surface area contributed by atoms with Gasteiger partial charge >= 0.3 is 0 Å². The van der Waals surface area contributed by atoms with E-state index < -0.39 is 0 Å². The number of rotatable bonds is 7. The maximum Gasteiger partial charge on any atom is 0.265 e. The van der Waals surface area contributed by atoms with E-state index in [0.29, 0.717) is 17.4 Å². The van der Waals surface area contributed by atoms with Gasteiger partial charge in [-0.3, -0.25) is 10.2 Å². The Balaban J connectivity index is 2.56. The van der Waals surface area contributed by atoms with E-state index >= 15 is 0 Å². The lowest BCUT2D eigenvalue weighted by molar-refractivity contribution is 0.0917. The van der Waals surface area contributed by atoms with Crippen molar-refractivity contribution in [2.45, 2.75) is 33.2 Å². The normalized spacial score (nSPS) is 13.9. The number of hydrogen-bond acceptors (Lipinski definition) is 2. The predicted octanol–water partition coefficient (Wildman–Crippen LogP) is 3.16. The monoisotopic (exact) mass is 260 g/mol. The van der Waals surface area contributed by atoms with Gasteiger partial charge in [0, 0.05) is 11.6 Å². The molecule has 0 spiro atoms. The fraction of sp³-hybridized carbons (Fsp3) is 0.438. The molecule has 0 saturated heterocycles. The first kappa shape index (κ1) is 15.4. The number of benzene rings is 1. The van der Waals surface area contributed by atoms with Crippen LogP contribution >= 0.6 is 0 Å². The molecule has 0 aromatic heterocycles. The highest BCUT2D eigenvalue weighted by Gasteiger charge is 2.17. The largest absolute Gasteiger partial charge is 0.287 e. The zero-order valence-corrected chi connectivity index (χ0v) is 12.0. The summed E-state index contributed by atoms with van der Waals surface area (Å²) < 4.78 is 0. The predicted molar refractivity (Wildman–Crippen MR) is 79.6 cm³/mol. The molecule has 1 amide bonds. The van der Waals surface area contributed by atoms with Crippen LogP contribution < -0.4 is 10.9 Å². The van der Waals surface area contributed by atoms with Crippen LogP contribution in [0.15, 0.2) is 43.0 Å². The van der Waals surface area contributed by atoms with E-state index in [9.17, 15) is 4.79 Å². The summed E-state index contributed by atoms with van der Waals surface area (Å²) in [6.07, 6.45) is 2.90. The molecule has 19 heavy (non-hydrogen) atoms. The van der Waals surface area contributed by atoms with Gasteiger partial charge in [0.15, 0.2) is 0 Å². The lowest BCUT2D eigenvalue weighted by Crippen LogP contribution is -2.47. The highest BCUT2D eigenvalue weighted by atomic mass is 16.2. The molecule has 0 bridgehead atoms. The molecule has 3 heteroatoms. The molecular weight excluding hydrogens is 236 g/mol. The summed E-state index contributed by atoms with van der Waals surface area (Å²) in [5, 5.41) is 0. The van der Waals surface area contributed by atoms with E-state index in [1.54, 1.807) is 12.1 Å². The van der Waals surface area contributed by atoms with Crippen molar-refractivity contribution in [3.05, 3.63) is 48.6 Å². The fourth-order valence-corrected chi connectivity index (χ4v) is 1.90. The number of nitrogens with one attached hydrogen (secondary N) is 2. The average Bonchev–Trinajstić information content (AvgIpc) is 2.42. The van der Waals surface area contributed by atoms with Gasteiger partial charge in [-0.1, -0.05) is 45.0 Å². The van der Waals surface area contributed by atoms with Gasteiger partial charge in [-0.25, -0.2) is 5.43 Å². The first-order valence-corrected chi connectivity index (χ1v) is 6.78. The molecule has 2 N–H and O–H groups in total. The van der Waals surface area contributed by atoms with E-state index in [2.05, 4.69) is 38.2 Å². The number of carbonyl (C=O) groups excluding carboxylic acids is 1. The summed E-state index contributed by atoms with van der Waals surface area (Å²) in [6.45, 7) is 10.3. The van der Waals surface area contributed by atoms with E-state index in [1.807, 2.05) is 24.3 Å². The molecule has 1 rings (SSSR count). The second kappa shape index (κ2) is 7.74. The Morgan fingerprint density at radius 2 is 1.89 bits per heavy atom. The van der Waals surface area contributed by atoms with Crippen molar-refractivity contribution in [3.8, 4) is 0 Å². The SMILES string of the molecule is C=C[C@@H](C)[C@H](CC(C)C)NNC(=O)c1ccccc1. The molecule has 0 radical (unpaired) electrons. The van der Waals surface area contributed by atoms with E-state index in [1.165, 1.54) is 0 Å². The molecule has 0 unspecified atom stereocenters. The summed E-state index contributed by atoms with van der Waals surface area (Å²) >= 11 is 0. The molecule has 0 aliphatic heterocycles. The highest BCUT2D eigenvalue weighted by Crippen LogP contribution is 2.13. The van der Waals surface area contributed by atoms with Gasteiger partial charge in [0.2, 0.25) is 0 Å². The Morgan fingerprint density at radius 3 is 2.42 bits per heavy atom. The molecule has 2 atom stereocenters. The maximum absolute atomic E-state index is 11.9. The molecular formula is C16H24N2O. The van der Waals surface area contributed by atoms with Crippen LogP contribution in [0.1, 0.15) is 37.6 Å². The Hall–Kier alpha value is -1.61. The van der Waals surface area contributed by atoms with Crippen molar-refractivity contribution in [2.24, 2.45) is 11.8 Å². The molecule has 1 aromatic rings. The topological polar surface area (TPSA) is 41.1 Å². The van der Waals surface area contributed by atoms with Gasteiger partial charge in [0.1, 0.15) is 0 Å². The smallest absolute Gasteiger partial charge is 0.265 e. The van der Waals surface area contributed by atoms with Crippen LogP contribution in [0.2, 0.25) is 0 Å². The van der Waals surface area contributed by atoms with Crippen molar-refractivity contribution in [2.75, 3.05) is 0 Å². The number of hydrogen-bond donors (Lipinski definition) is 2. The van der Waals surface area contributed by atoms with Crippen molar-refractivity contribution in [1.29, 1.82) is 0 Å². The highest BCUT2D eigenvalue weighted by molar-refractivity contribution is 5.93. The fourth-order valence-electron chi connectivity index (χ4n) is 1.90. The molecule has 0 aliphatic rings. The average molecular weight is 260 g/mol.